The molecule has 1 N–H and O–H groups in total. The van der Waals surface area contributed by atoms with Crippen LogP contribution in [0.3, 0.4) is 0 Å². The van der Waals surface area contributed by atoms with Crippen LogP contribution in [0.25, 0.3) is 0 Å². The van der Waals surface area contributed by atoms with Gasteiger partial charge in [-0.2, -0.15) is 0 Å². The maximum Gasteiger partial charge on any atom is 0.341 e. The highest BCUT2D eigenvalue weighted by Crippen LogP contribution is 2.32. The maximum absolute atomic E-state index is 11.5. The van der Waals surface area contributed by atoms with Crippen molar-refractivity contribution in [2.45, 2.75) is 13.3 Å². The Labute approximate surface area is 114 Å². The Morgan fingerprint density at radius 3 is 2.55 bits per heavy atom. The van der Waals surface area contributed by atoms with E-state index >= 15 is 0 Å². The van der Waals surface area contributed by atoms with E-state index in [1.807, 2.05) is 0 Å². The molecule has 0 saturated carbocycles. The smallest absolute Gasteiger partial charge is 0.341 e. The van der Waals surface area contributed by atoms with Crippen LogP contribution in [0.1, 0.15) is 22.8 Å². The number of phenolic OH excluding ortho intramolecular Hbond substituents is 1. The van der Waals surface area contributed by atoms with Crippen LogP contribution in [0, 0.1) is 10.1 Å². The Bertz CT molecular complexity index is 553. The fraction of sp³-hybridized carbons (Fsp3) is 0.333. The van der Waals surface area contributed by atoms with Gasteiger partial charge in [0.1, 0.15) is 5.56 Å². The number of hydrogen-bond donors (Lipinski definition) is 1. The molecule has 1 aromatic rings. The van der Waals surface area contributed by atoms with Crippen LogP contribution >= 0.6 is 0 Å². The third-order valence-electron chi connectivity index (χ3n) is 2.45. The number of ether oxygens (including phenoxy) is 2. The van der Waals surface area contributed by atoms with Crippen molar-refractivity contribution >= 4 is 17.6 Å². The summed E-state index contributed by atoms with van der Waals surface area (Å²) in [6.45, 7) is 1.25. The van der Waals surface area contributed by atoms with Gasteiger partial charge in [0.2, 0.25) is 5.75 Å². The molecule has 0 aliphatic rings. The first-order valence-electron chi connectivity index (χ1n) is 5.58. The predicted molar refractivity (Wildman–Crippen MR) is 66.4 cm³/mol. The highest BCUT2D eigenvalue weighted by atomic mass is 16.6. The molecule has 1 aromatic carbocycles. The van der Waals surface area contributed by atoms with Gasteiger partial charge in [0, 0.05) is 19.4 Å². The van der Waals surface area contributed by atoms with E-state index in [4.69, 9.17) is 4.74 Å². The molecule has 20 heavy (non-hydrogen) atoms. The first-order valence-corrected chi connectivity index (χ1v) is 5.58. The van der Waals surface area contributed by atoms with Gasteiger partial charge in [-0.15, -0.1) is 0 Å². The topological polar surface area (TPSA) is 116 Å². The highest BCUT2D eigenvalue weighted by molar-refractivity contribution is 5.94. The van der Waals surface area contributed by atoms with Gasteiger partial charge in [-0.05, 0) is 11.6 Å². The summed E-state index contributed by atoms with van der Waals surface area (Å²) in [6.07, 6.45) is 0.171. The quantitative estimate of drug-likeness (QED) is 0.490. The number of methoxy groups -OCH3 is 1. The van der Waals surface area contributed by atoms with Gasteiger partial charge in [0.05, 0.1) is 18.6 Å². The number of carbonyl (C=O) groups excluding carboxylic acids is 2. The number of hydrogen-bond acceptors (Lipinski definition) is 7. The molecule has 0 spiro atoms. The molecule has 1 rings (SSSR count). The lowest BCUT2D eigenvalue weighted by atomic mass is 10.1. The van der Waals surface area contributed by atoms with E-state index in [-0.39, 0.29) is 18.6 Å². The van der Waals surface area contributed by atoms with Crippen molar-refractivity contribution in [1.29, 1.82) is 0 Å². The summed E-state index contributed by atoms with van der Waals surface area (Å²) in [7, 11) is 1.10. The van der Waals surface area contributed by atoms with E-state index in [1.54, 1.807) is 0 Å². The molecule has 0 heterocycles. The second kappa shape index (κ2) is 6.50. The van der Waals surface area contributed by atoms with Crippen LogP contribution in [-0.4, -0.2) is 35.7 Å². The van der Waals surface area contributed by atoms with Crippen LogP contribution in [0.4, 0.5) is 5.69 Å². The van der Waals surface area contributed by atoms with Crippen molar-refractivity contribution in [3.05, 3.63) is 33.4 Å². The van der Waals surface area contributed by atoms with Crippen molar-refractivity contribution < 1.29 is 29.1 Å². The highest BCUT2D eigenvalue weighted by Gasteiger charge is 2.23. The third-order valence-corrected chi connectivity index (χ3v) is 2.45. The summed E-state index contributed by atoms with van der Waals surface area (Å²) in [4.78, 5) is 32.1. The molecule has 0 saturated heterocycles. The molecular formula is C12H13NO7. The first-order chi connectivity index (χ1) is 9.36. The van der Waals surface area contributed by atoms with Gasteiger partial charge in [0.25, 0.3) is 0 Å². The largest absolute Gasteiger partial charge is 0.501 e. The summed E-state index contributed by atoms with van der Waals surface area (Å²) in [6, 6.07) is 2.38. The Morgan fingerprint density at radius 1 is 1.40 bits per heavy atom. The number of nitro benzene ring substituents is 1. The zero-order valence-corrected chi connectivity index (χ0v) is 10.9. The lowest BCUT2D eigenvalue weighted by molar-refractivity contribution is -0.386. The Morgan fingerprint density at radius 2 is 2.05 bits per heavy atom. The molecule has 0 radical (unpaired) electrons. The maximum atomic E-state index is 11.5. The van der Waals surface area contributed by atoms with E-state index in [2.05, 4.69) is 4.74 Å². The van der Waals surface area contributed by atoms with E-state index in [1.165, 1.54) is 13.0 Å². The van der Waals surface area contributed by atoms with Crippen LogP contribution < -0.4 is 0 Å². The Hall–Kier alpha value is -2.64. The molecule has 0 unspecified atom stereocenters. The fourth-order valence-corrected chi connectivity index (χ4v) is 1.54. The zero-order chi connectivity index (χ0) is 15.3. The molecule has 0 aromatic heterocycles. The SMILES string of the molecule is COC(=O)c1cc(CCOC(C)=O)cc([N+](=O)[O-])c1O. The van der Waals surface area contributed by atoms with E-state index in [0.29, 0.717) is 5.56 Å². The zero-order valence-electron chi connectivity index (χ0n) is 10.9. The van der Waals surface area contributed by atoms with Crippen molar-refractivity contribution in [1.82, 2.24) is 0 Å². The van der Waals surface area contributed by atoms with Gasteiger partial charge < -0.3 is 14.6 Å². The molecule has 0 aliphatic heterocycles. The minimum absolute atomic E-state index is 0.0118. The van der Waals surface area contributed by atoms with Crippen molar-refractivity contribution in [2.75, 3.05) is 13.7 Å². The number of carbonyl (C=O) groups is 2. The van der Waals surface area contributed by atoms with Crippen LogP contribution in [0.5, 0.6) is 5.75 Å². The molecule has 0 atom stereocenters. The number of rotatable bonds is 5. The first kappa shape index (κ1) is 15.4. The van der Waals surface area contributed by atoms with Gasteiger partial charge in [0.15, 0.2) is 0 Å². The van der Waals surface area contributed by atoms with Gasteiger partial charge in [-0.25, -0.2) is 4.79 Å². The summed E-state index contributed by atoms with van der Waals surface area (Å²) in [5.74, 6) is -2.12. The minimum atomic E-state index is -0.889. The number of nitro groups is 1. The second-order valence-electron chi connectivity index (χ2n) is 3.85. The summed E-state index contributed by atoms with van der Waals surface area (Å²) in [5, 5.41) is 20.5. The lowest BCUT2D eigenvalue weighted by Gasteiger charge is -2.07. The van der Waals surface area contributed by atoms with Crippen LogP contribution in [-0.2, 0) is 20.7 Å². The monoisotopic (exact) mass is 283 g/mol. The van der Waals surface area contributed by atoms with E-state index in [9.17, 15) is 24.8 Å². The normalized spacial score (nSPS) is 9.90. The molecule has 0 aliphatic carbocycles. The number of phenols is 1. The second-order valence-corrected chi connectivity index (χ2v) is 3.85. The molecule has 0 bridgehead atoms. The molecule has 0 fully saturated rings. The van der Waals surface area contributed by atoms with E-state index in [0.717, 1.165) is 13.2 Å². The molecule has 8 heteroatoms. The minimum Gasteiger partial charge on any atom is -0.501 e. The molecule has 108 valence electrons. The number of benzene rings is 1. The lowest BCUT2D eigenvalue weighted by Crippen LogP contribution is -2.07. The van der Waals surface area contributed by atoms with Crippen molar-refractivity contribution in [3.8, 4) is 5.75 Å². The summed E-state index contributed by atoms with van der Waals surface area (Å²) >= 11 is 0. The van der Waals surface area contributed by atoms with Crippen LogP contribution in [0.2, 0.25) is 0 Å². The fourth-order valence-electron chi connectivity index (χ4n) is 1.54. The van der Waals surface area contributed by atoms with Crippen molar-refractivity contribution in [3.63, 3.8) is 0 Å². The summed E-state index contributed by atoms with van der Waals surface area (Å²) < 4.78 is 9.16. The molecular weight excluding hydrogens is 270 g/mol. The average Bonchev–Trinajstić information content (AvgIpc) is 2.38. The van der Waals surface area contributed by atoms with Gasteiger partial charge in [-0.3, -0.25) is 14.9 Å². The average molecular weight is 283 g/mol. The third kappa shape index (κ3) is 3.67. The van der Waals surface area contributed by atoms with Gasteiger partial charge in [-0.1, -0.05) is 0 Å². The van der Waals surface area contributed by atoms with Crippen LogP contribution in [0.15, 0.2) is 12.1 Å². The molecule has 8 nitrogen and oxygen atoms in total. The van der Waals surface area contributed by atoms with E-state index < -0.39 is 28.3 Å². The Balaban J connectivity index is 3.12. The molecule has 0 amide bonds. The number of nitrogens with zero attached hydrogens (tertiary/aromatic N) is 1. The predicted octanol–water partition coefficient (Wildman–Crippen LogP) is 1.19. The Kier molecular flexibility index (Phi) is 5.01. The summed E-state index contributed by atoms with van der Waals surface area (Å²) in [5.41, 5.74) is -0.540. The number of esters is 2. The standard InChI is InChI=1S/C12H13NO7/c1-7(14)20-4-3-8-5-9(12(16)19-2)11(15)10(6-8)13(17)18/h5-6,15H,3-4H2,1-2H3. The van der Waals surface area contributed by atoms with Gasteiger partial charge >= 0.3 is 17.6 Å². The number of aromatic hydroxyl groups is 1. The van der Waals surface area contributed by atoms with Crippen molar-refractivity contribution in [2.24, 2.45) is 0 Å².